The number of hydrogen-bond donors (Lipinski definition) is 1. The van der Waals surface area contributed by atoms with Gasteiger partial charge in [0.2, 0.25) is 0 Å². The van der Waals surface area contributed by atoms with Crippen molar-refractivity contribution in [1.29, 1.82) is 0 Å². The molecular formula is C13H25NO. The molecule has 15 heavy (non-hydrogen) atoms. The third kappa shape index (κ3) is 3.46. The standard InChI is InChI=1S/C13H25NO/c15-11-13-6-9-14(10-7-13)8-5-12-3-1-2-4-12/h12-13,15H,1-11H2. The van der Waals surface area contributed by atoms with Crippen LogP contribution in [0.25, 0.3) is 0 Å². The molecule has 0 aromatic heterocycles. The molecule has 0 unspecified atom stereocenters. The van der Waals surface area contributed by atoms with E-state index < -0.39 is 0 Å². The SMILES string of the molecule is OCC1CCN(CCC2CCCC2)CC1. The zero-order valence-electron chi connectivity index (χ0n) is 9.83. The Morgan fingerprint density at radius 2 is 1.60 bits per heavy atom. The molecule has 0 radical (unpaired) electrons. The number of aliphatic hydroxyl groups excluding tert-OH is 1. The Labute approximate surface area is 93.7 Å². The first-order valence-electron chi connectivity index (χ1n) is 6.71. The Hall–Kier alpha value is -0.0800. The van der Waals surface area contributed by atoms with Crippen LogP contribution in [0.3, 0.4) is 0 Å². The van der Waals surface area contributed by atoms with E-state index in [9.17, 15) is 0 Å². The second-order valence-electron chi connectivity index (χ2n) is 5.41. The molecule has 2 fully saturated rings. The number of likely N-dealkylation sites (tertiary alicyclic amines) is 1. The van der Waals surface area contributed by atoms with Gasteiger partial charge in [0.25, 0.3) is 0 Å². The van der Waals surface area contributed by atoms with E-state index >= 15 is 0 Å². The predicted molar refractivity (Wildman–Crippen MR) is 62.8 cm³/mol. The van der Waals surface area contributed by atoms with E-state index in [0.29, 0.717) is 12.5 Å². The monoisotopic (exact) mass is 211 g/mol. The van der Waals surface area contributed by atoms with Gasteiger partial charge in [-0.3, -0.25) is 0 Å². The number of rotatable bonds is 4. The lowest BCUT2D eigenvalue weighted by atomic mass is 9.97. The Balaban J connectivity index is 1.59. The maximum absolute atomic E-state index is 9.06. The van der Waals surface area contributed by atoms with Crippen molar-refractivity contribution in [3.8, 4) is 0 Å². The van der Waals surface area contributed by atoms with Crippen LogP contribution in [-0.4, -0.2) is 36.2 Å². The number of hydrogen-bond acceptors (Lipinski definition) is 2. The minimum atomic E-state index is 0.399. The zero-order valence-corrected chi connectivity index (χ0v) is 9.83. The van der Waals surface area contributed by atoms with Crippen molar-refractivity contribution < 1.29 is 5.11 Å². The molecular weight excluding hydrogens is 186 g/mol. The predicted octanol–water partition coefficient (Wildman–Crippen LogP) is 2.27. The molecule has 1 heterocycles. The minimum Gasteiger partial charge on any atom is -0.396 e. The Morgan fingerprint density at radius 3 is 2.20 bits per heavy atom. The van der Waals surface area contributed by atoms with Gasteiger partial charge in [0, 0.05) is 6.61 Å². The molecule has 1 saturated heterocycles. The molecule has 2 aliphatic rings. The van der Waals surface area contributed by atoms with Crippen LogP contribution >= 0.6 is 0 Å². The molecule has 2 heteroatoms. The number of aliphatic hydroxyl groups is 1. The van der Waals surface area contributed by atoms with Crippen LogP contribution in [0.4, 0.5) is 0 Å². The van der Waals surface area contributed by atoms with Gasteiger partial charge >= 0.3 is 0 Å². The quantitative estimate of drug-likeness (QED) is 0.771. The fourth-order valence-corrected chi connectivity index (χ4v) is 3.06. The summed E-state index contributed by atoms with van der Waals surface area (Å²) in [6.07, 6.45) is 9.74. The number of nitrogens with zero attached hydrogens (tertiary/aromatic N) is 1. The highest BCUT2D eigenvalue weighted by Crippen LogP contribution is 2.28. The van der Waals surface area contributed by atoms with Gasteiger partial charge in [-0.05, 0) is 50.7 Å². The highest BCUT2D eigenvalue weighted by molar-refractivity contribution is 4.74. The Bertz CT molecular complexity index is 169. The Kier molecular flexibility index (Phi) is 4.45. The summed E-state index contributed by atoms with van der Waals surface area (Å²) in [5.74, 6) is 1.62. The van der Waals surface area contributed by atoms with Gasteiger partial charge in [-0.15, -0.1) is 0 Å². The van der Waals surface area contributed by atoms with Crippen molar-refractivity contribution in [2.75, 3.05) is 26.2 Å². The summed E-state index contributed by atoms with van der Waals surface area (Å²) in [5.41, 5.74) is 0. The fourth-order valence-electron chi connectivity index (χ4n) is 3.06. The maximum atomic E-state index is 9.06. The van der Waals surface area contributed by atoms with E-state index in [1.54, 1.807) is 0 Å². The van der Waals surface area contributed by atoms with E-state index in [2.05, 4.69) is 4.90 Å². The van der Waals surface area contributed by atoms with E-state index in [1.165, 1.54) is 64.6 Å². The topological polar surface area (TPSA) is 23.5 Å². The highest BCUT2D eigenvalue weighted by Gasteiger charge is 2.20. The summed E-state index contributed by atoms with van der Waals surface area (Å²) in [5, 5.41) is 9.06. The number of piperidine rings is 1. The summed E-state index contributed by atoms with van der Waals surface area (Å²) in [4.78, 5) is 2.60. The normalized spacial score (nSPS) is 26.2. The van der Waals surface area contributed by atoms with Crippen LogP contribution in [0.15, 0.2) is 0 Å². The lowest BCUT2D eigenvalue weighted by molar-refractivity contribution is 0.127. The van der Waals surface area contributed by atoms with Crippen molar-refractivity contribution in [1.82, 2.24) is 4.90 Å². The first-order chi connectivity index (χ1) is 7.38. The van der Waals surface area contributed by atoms with Gasteiger partial charge in [-0.1, -0.05) is 25.7 Å². The summed E-state index contributed by atoms with van der Waals surface area (Å²) in [6.45, 7) is 4.15. The fraction of sp³-hybridized carbons (Fsp3) is 1.00. The Morgan fingerprint density at radius 1 is 0.933 bits per heavy atom. The zero-order chi connectivity index (χ0) is 10.5. The molecule has 0 atom stereocenters. The van der Waals surface area contributed by atoms with Crippen molar-refractivity contribution >= 4 is 0 Å². The van der Waals surface area contributed by atoms with E-state index in [-0.39, 0.29) is 0 Å². The summed E-state index contributed by atoms with van der Waals surface area (Å²) >= 11 is 0. The summed E-state index contributed by atoms with van der Waals surface area (Å²) in [6, 6.07) is 0. The van der Waals surface area contributed by atoms with Gasteiger partial charge < -0.3 is 10.0 Å². The molecule has 1 saturated carbocycles. The molecule has 0 spiro atoms. The van der Waals surface area contributed by atoms with E-state index in [1.807, 2.05) is 0 Å². The van der Waals surface area contributed by atoms with Crippen LogP contribution < -0.4 is 0 Å². The second-order valence-corrected chi connectivity index (χ2v) is 5.41. The van der Waals surface area contributed by atoms with Gasteiger partial charge in [-0.2, -0.15) is 0 Å². The third-order valence-electron chi connectivity index (χ3n) is 4.29. The molecule has 1 aliphatic heterocycles. The van der Waals surface area contributed by atoms with Crippen LogP contribution in [0.5, 0.6) is 0 Å². The first kappa shape index (κ1) is 11.4. The highest BCUT2D eigenvalue weighted by atomic mass is 16.3. The molecule has 88 valence electrons. The summed E-state index contributed by atoms with van der Waals surface area (Å²) in [7, 11) is 0. The van der Waals surface area contributed by atoms with Crippen LogP contribution in [0.2, 0.25) is 0 Å². The molecule has 1 aliphatic carbocycles. The molecule has 2 nitrogen and oxygen atoms in total. The average molecular weight is 211 g/mol. The van der Waals surface area contributed by atoms with Crippen molar-refractivity contribution in [3.63, 3.8) is 0 Å². The molecule has 2 rings (SSSR count). The van der Waals surface area contributed by atoms with Crippen molar-refractivity contribution in [2.24, 2.45) is 11.8 Å². The van der Waals surface area contributed by atoms with Gasteiger partial charge in [0.05, 0.1) is 0 Å². The van der Waals surface area contributed by atoms with Gasteiger partial charge in [-0.25, -0.2) is 0 Å². The van der Waals surface area contributed by atoms with E-state index in [0.717, 1.165) is 5.92 Å². The van der Waals surface area contributed by atoms with Crippen LogP contribution in [-0.2, 0) is 0 Å². The third-order valence-corrected chi connectivity index (χ3v) is 4.29. The van der Waals surface area contributed by atoms with Crippen molar-refractivity contribution in [3.05, 3.63) is 0 Å². The molecule has 1 N–H and O–H groups in total. The molecule has 0 amide bonds. The summed E-state index contributed by atoms with van der Waals surface area (Å²) < 4.78 is 0. The van der Waals surface area contributed by atoms with Crippen LogP contribution in [0, 0.1) is 11.8 Å². The van der Waals surface area contributed by atoms with E-state index in [4.69, 9.17) is 5.11 Å². The first-order valence-corrected chi connectivity index (χ1v) is 6.71. The van der Waals surface area contributed by atoms with Gasteiger partial charge in [0.15, 0.2) is 0 Å². The minimum absolute atomic E-state index is 0.399. The molecule has 0 bridgehead atoms. The lowest BCUT2D eigenvalue weighted by Gasteiger charge is -2.31. The average Bonchev–Trinajstić information content (AvgIpc) is 2.80. The molecule has 0 aromatic rings. The molecule has 0 aromatic carbocycles. The van der Waals surface area contributed by atoms with Gasteiger partial charge in [0.1, 0.15) is 0 Å². The second kappa shape index (κ2) is 5.86. The maximum Gasteiger partial charge on any atom is 0.0460 e. The largest absolute Gasteiger partial charge is 0.396 e. The van der Waals surface area contributed by atoms with Crippen LogP contribution in [0.1, 0.15) is 44.9 Å². The van der Waals surface area contributed by atoms with Crippen molar-refractivity contribution in [2.45, 2.75) is 44.9 Å². The lowest BCUT2D eigenvalue weighted by Crippen LogP contribution is -2.35. The smallest absolute Gasteiger partial charge is 0.0460 e.